The van der Waals surface area contributed by atoms with Crippen molar-refractivity contribution >= 4 is 45.7 Å². The van der Waals surface area contributed by atoms with Crippen LogP contribution in [0.15, 0.2) is 60.9 Å². The number of fused-ring (bicyclic) bond motifs is 1. The van der Waals surface area contributed by atoms with Gasteiger partial charge < -0.3 is 30.4 Å². The summed E-state index contributed by atoms with van der Waals surface area (Å²) in [7, 11) is 3.02. The van der Waals surface area contributed by atoms with Crippen LogP contribution in [0.25, 0.3) is 10.9 Å². The highest BCUT2D eigenvalue weighted by atomic mass is 35.5. The average molecular weight is 452 g/mol. The van der Waals surface area contributed by atoms with Crippen LogP contribution in [0.3, 0.4) is 0 Å². The number of nitrogens with two attached hydrogens (primary N) is 1. The van der Waals surface area contributed by atoms with Crippen LogP contribution in [0.2, 0.25) is 5.02 Å². The van der Waals surface area contributed by atoms with Crippen molar-refractivity contribution in [1.29, 1.82) is 0 Å². The van der Waals surface area contributed by atoms with Gasteiger partial charge in [0.1, 0.15) is 17.3 Å². The van der Waals surface area contributed by atoms with Crippen LogP contribution >= 0.6 is 11.6 Å². The van der Waals surface area contributed by atoms with Gasteiger partial charge in [0.05, 0.1) is 36.1 Å². The summed E-state index contributed by atoms with van der Waals surface area (Å²) in [5.74, 6) is 1.37. The Bertz CT molecular complexity index is 1290. The number of ether oxygens (including phenoxy) is 2. The van der Waals surface area contributed by atoms with Crippen LogP contribution in [-0.2, 0) is 6.54 Å². The highest BCUT2D eigenvalue weighted by molar-refractivity contribution is 6.32. The molecule has 0 saturated carbocycles. The van der Waals surface area contributed by atoms with E-state index >= 15 is 0 Å². The van der Waals surface area contributed by atoms with Gasteiger partial charge in [-0.25, -0.2) is 9.78 Å². The van der Waals surface area contributed by atoms with Gasteiger partial charge in [-0.15, -0.1) is 0 Å². The van der Waals surface area contributed by atoms with E-state index in [0.29, 0.717) is 40.3 Å². The Morgan fingerprint density at radius 1 is 1.06 bits per heavy atom. The Morgan fingerprint density at radius 2 is 1.84 bits per heavy atom. The summed E-state index contributed by atoms with van der Waals surface area (Å²) >= 11 is 6.19. The molecule has 0 aliphatic carbocycles. The van der Waals surface area contributed by atoms with Crippen molar-refractivity contribution in [3.8, 4) is 11.5 Å². The predicted molar refractivity (Wildman–Crippen MR) is 127 cm³/mol. The number of nitrogens with zero attached hydrogens (tertiary/aromatic N) is 2. The Hall–Kier alpha value is -3.91. The first-order chi connectivity index (χ1) is 15.5. The number of amides is 2. The fraction of sp³-hybridized carbons (Fsp3) is 0.130. The molecule has 0 atom stereocenters. The van der Waals surface area contributed by atoms with Crippen LogP contribution < -0.4 is 25.8 Å². The molecule has 0 fully saturated rings. The first-order valence-corrected chi connectivity index (χ1v) is 10.1. The Labute approximate surface area is 189 Å². The van der Waals surface area contributed by atoms with Gasteiger partial charge in [-0.2, -0.15) is 0 Å². The van der Waals surface area contributed by atoms with Crippen molar-refractivity contribution in [1.82, 2.24) is 9.55 Å². The number of methoxy groups -OCH3 is 2. The van der Waals surface area contributed by atoms with Crippen LogP contribution in [-0.4, -0.2) is 29.8 Å². The quantitative estimate of drug-likeness (QED) is 0.383. The molecule has 4 aromatic rings. The number of pyridine rings is 1. The van der Waals surface area contributed by atoms with E-state index in [2.05, 4.69) is 20.2 Å². The molecule has 164 valence electrons. The summed E-state index contributed by atoms with van der Waals surface area (Å²) in [4.78, 5) is 16.7. The lowest BCUT2D eigenvalue weighted by atomic mass is 10.2. The molecule has 0 aliphatic heterocycles. The highest BCUT2D eigenvalue weighted by Crippen LogP contribution is 2.36. The van der Waals surface area contributed by atoms with E-state index in [4.69, 9.17) is 26.8 Å². The van der Waals surface area contributed by atoms with Gasteiger partial charge in [-0.3, -0.25) is 0 Å². The number of carbonyl (C=O) groups is 1. The maximum Gasteiger partial charge on any atom is 0.323 e. The number of halogens is 1. The molecule has 4 rings (SSSR count). The zero-order valence-corrected chi connectivity index (χ0v) is 18.3. The summed E-state index contributed by atoms with van der Waals surface area (Å²) in [6.07, 6.45) is 3.66. The van der Waals surface area contributed by atoms with Crippen molar-refractivity contribution in [3.05, 3.63) is 71.5 Å². The van der Waals surface area contributed by atoms with E-state index < -0.39 is 6.03 Å². The van der Waals surface area contributed by atoms with Crippen molar-refractivity contribution in [2.45, 2.75) is 6.54 Å². The smallest absolute Gasteiger partial charge is 0.323 e. The van der Waals surface area contributed by atoms with E-state index in [9.17, 15) is 4.79 Å². The van der Waals surface area contributed by atoms with Gasteiger partial charge in [0.15, 0.2) is 0 Å². The minimum atomic E-state index is -0.424. The van der Waals surface area contributed by atoms with E-state index in [-0.39, 0.29) is 0 Å². The molecule has 32 heavy (non-hydrogen) atoms. The molecule has 0 aliphatic rings. The monoisotopic (exact) mass is 451 g/mol. The molecular formula is C23H22ClN5O3. The summed E-state index contributed by atoms with van der Waals surface area (Å²) in [5.41, 5.74) is 8.90. The second kappa shape index (κ2) is 9.07. The van der Waals surface area contributed by atoms with E-state index in [1.54, 1.807) is 18.3 Å². The minimum Gasteiger partial charge on any atom is -0.495 e. The molecule has 2 amide bonds. The molecule has 9 heteroatoms. The van der Waals surface area contributed by atoms with Gasteiger partial charge in [-0.05, 0) is 42.0 Å². The van der Waals surface area contributed by atoms with Crippen molar-refractivity contribution in [2.75, 3.05) is 30.6 Å². The van der Waals surface area contributed by atoms with Crippen LogP contribution in [0.5, 0.6) is 11.5 Å². The summed E-state index contributed by atoms with van der Waals surface area (Å²) in [6.45, 7) is 0.632. The number of nitrogens with one attached hydrogen (secondary N) is 2. The average Bonchev–Trinajstić information content (AvgIpc) is 3.18. The molecule has 4 N–H and O–H groups in total. The third-order valence-electron chi connectivity index (χ3n) is 4.98. The number of urea groups is 1. The molecular weight excluding hydrogens is 430 g/mol. The molecule has 2 heterocycles. The van der Waals surface area contributed by atoms with Crippen LogP contribution in [0, 0.1) is 0 Å². The Kier molecular flexibility index (Phi) is 6.04. The molecule has 0 spiro atoms. The molecule has 8 nitrogen and oxygen atoms in total. The topological polar surface area (TPSA) is 103 Å². The normalized spacial score (nSPS) is 10.7. The number of anilines is 3. The number of nitrogen functional groups attached to an aromatic ring is 1. The van der Waals surface area contributed by atoms with Crippen molar-refractivity contribution in [2.24, 2.45) is 0 Å². The number of rotatable bonds is 6. The lowest BCUT2D eigenvalue weighted by Gasteiger charge is -2.14. The molecule has 0 saturated heterocycles. The SMILES string of the molecule is COc1cc(OC)c(NC(=O)Nc2cccc3c2ccn3Cc2ccnc(N)c2)cc1Cl. The van der Waals surface area contributed by atoms with Gasteiger partial charge >= 0.3 is 6.03 Å². The second-order valence-electron chi connectivity index (χ2n) is 7.04. The van der Waals surface area contributed by atoms with E-state index in [0.717, 1.165) is 16.5 Å². The first-order valence-electron chi connectivity index (χ1n) is 9.76. The highest BCUT2D eigenvalue weighted by Gasteiger charge is 2.14. The van der Waals surface area contributed by atoms with Crippen LogP contribution in [0.4, 0.5) is 22.0 Å². The largest absolute Gasteiger partial charge is 0.495 e. The molecule has 2 aromatic heterocycles. The zero-order chi connectivity index (χ0) is 22.7. The summed E-state index contributed by atoms with van der Waals surface area (Å²) < 4.78 is 12.6. The van der Waals surface area contributed by atoms with Crippen LogP contribution in [0.1, 0.15) is 5.56 Å². The fourth-order valence-electron chi connectivity index (χ4n) is 3.49. The lowest BCUT2D eigenvalue weighted by Crippen LogP contribution is -2.20. The number of carbonyl (C=O) groups excluding carboxylic acids is 1. The van der Waals surface area contributed by atoms with Gasteiger partial charge in [0, 0.05) is 30.4 Å². The third kappa shape index (κ3) is 4.40. The summed E-state index contributed by atoms with van der Waals surface area (Å²) in [5, 5.41) is 6.94. The standard InChI is InChI=1S/C23H22ClN5O3/c1-31-20-12-21(32-2)18(11-16(20)24)28-23(30)27-17-4-3-5-19-15(17)7-9-29(19)13-14-6-8-26-22(25)10-14/h3-12H,13H2,1-2H3,(H2,25,26)(H2,27,28,30). The number of hydrogen-bond acceptors (Lipinski definition) is 5. The van der Waals surface area contributed by atoms with Crippen molar-refractivity contribution < 1.29 is 14.3 Å². The molecule has 0 bridgehead atoms. The maximum atomic E-state index is 12.7. The third-order valence-corrected chi connectivity index (χ3v) is 5.28. The van der Waals surface area contributed by atoms with Gasteiger partial charge in [0.2, 0.25) is 0 Å². The number of benzene rings is 2. The minimum absolute atomic E-state index is 0.361. The van der Waals surface area contributed by atoms with E-state index in [1.807, 2.05) is 42.6 Å². The zero-order valence-electron chi connectivity index (χ0n) is 17.6. The lowest BCUT2D eigenvalue weighted by molar-refractivity contribution is 0.262. The second-order valence-corrected chi connectivity index (χ2v) is 7.44. The summed E-state index contributed by atoms with van der Waals surface area (Å²) in [6, 6.07) is 14.2. The van der Waals surface area contributed by atoms with Gasteiger partial charge in [0.25, 0.3) is 0 Å². The van der Waals surface area contributed by atoms with Gasteiger partial charge in [-0.1, -0.05) is 17.7 Å². The first kappa shape index (κ1) is 21.3. The Balaban J connectivity index is 1.55. The number of aromatic nitrogens is 2. The van der Waals surface area contributed by atoms with E-state index in [1.165, 1.54) is 14.2 Å². The number of hydrogen-bond donors (Lipinski definition) is 3. The fourth-order valence-corrected chi connectivity index (χ4v) is 3.73. The molecule has 0 unspecified atom stereocenters. The molecule has 2 aromatic carbocycles. The Morgan fingerprint density at radius 3 is 2.59 bits per heavy atom. The maximum absolute atomic E-state index is 12.7. The molecule has 0 radical (unpaired) electrons. The van der Waals surface area contributed by atoms with Crippen molar-refractivity contribution in [3.63, 3.8) is 0 Å². The predicted octanol–water partition coefficient (Wildman–Crippen LogP) is 4.98.